The molecule has 1 aromatic carbocycles. The molecule has 26 heavy (non-hydrogen) atoms. The van der Waals surface area contributed by atoms with Crippen molar-refractivity contribution in [1.29, 1.82) is 0 Å². The molecular formula is C19H20FN3O2S. The standard InChI is InChI=1S/C19H20FN3O2S/c20-14-8-6-13(7-9-14)18-21-22-19(25-18)26-12-17(24)23(16-10-11-16)15-4-2-1-3-5-15/h4,6-9,16H,1-3,5,10-12H2. The third-order valence-corrected chi connectivity index (χ3v) is 5.38. The number of amides is 1. The highest BCUT2D eigenvalue weighted by Crippen LogP contribution is 2.34. The lowest BCUT2D eigenvalue weighted by Gasteiger charge is -2.27. The molecule has 0 aliphatic heterocycles. The summed E-state index contributed by atoms with van der Waals surface area (Å²) in [4.78, 5) is 14.7. The normalized spacial score (nSPS) is 17.0. The SMILES string of the molecule is O=C(CSc1nnc(-c2ccc(F)cc2)o1)N(C1=CCCCC1)C1CC1. The van der Waals surface area contributed by atoms with E-state index in [-0.39, 0.29) is 17.5 Å². The Hall–Kier alpha value is -2.15. The highest BCUT2D eigenvalue weighted by molar-refractivity contribution is 7.99. The first kappa shape index (κ1) is 17.3. The van der Waals surface area contributed by atoms with Crippen molar-refractivity contribution in [3.8, 4) is 11.5 Å². The predicted octanol–water partition coefficient (Wildman–Crippen LogP) is 4.42. The van der Waals surface area contributed by atoms with Crippen LogP contribution >= 0.6 is 11.8 Å². The first-order chi connectivity index (χ1) is 12.7. The summed E-state index contributed by atoms with van der Waals surface area (Å²) in [7, 11) is 0. The van der Waals surface area contributed by atoms with Crippen molar-refractivity contribution in [2.24, 2.45) is 0 Å². The van der Waals surface area contributed by atoms with E-state index in [4.69, 9.17) is 4.42 Å². The molecule has 0 saturated heterocycles. The van der Waals surface area contributed by atoms with Crippen LogP contribution in [0, 0.1) is 5.82 Å². The van der Waals surface area contributed by atoms with E-state index in [0.29, 0.717) is 22.7 Å². The van der Waals surface area contributed by atoms with Crippen LogP contribution in [-0.4, -0.2) is 32.8 Å². The van der Waals surface area contributed by atoms with Gasteiger partial charge in [-0.15, -0.1) is 10.2 Å². The summed E-state index contributed by atoms with van der Waals surface area (Å²) in [6.07, 6.45) is 8.79. The third kappa shape index (κ3) is 3.98. The fraction of sp³-hybridized carbons (Fsp3) is 0.421. The van der Waals surface area contributed by atoms with E-state index >= 15 is 0 Å². The number of nitrogens with zero attached hydrogens (tertiary/aromatic N) is 3. The zero-order valence-corrected chi connectivity index (χ0v) is 15.2. The van der Waals surface area contributed by atoms with Gasteiger partial charge in [0.15, 0.2) is 0 Å². The average Bonchev–Trinajstić information content (AvgIpc) is 3.38. The van der Waals surface area contributed by atoms with Gasteiger partial charge in [-0.3, -0.25) is 4.79 Å². The van der Waals surface area contributed by atoms with Crippen LogP contribution in [0.3, 0.4) is 0 Å². The van der Waals surface area contributed by atoms with Gasteiger partial charge < -0.3 is 9.32 Å². The summed E-state index contributed by atoms with van der Waals surface area (Å²) >= 11 is 1.25. The molecule has 2 aliphatic carbocycles. The second-order valence-electron chi connectivity index (χ2n) is 6.60. The maximum atomic E-state index is 13.0. The van der Waals surface area contributed by atoms with Gasteiger partial charge in [-0.2, -0.15) is 0 Å². The van der Waals surface area contributed by atoms with Crippen molar-refractivity contribution in [2.75, 3.05) is 5.75 Å². The highest BCUT2D eigenvalue weighted by atomic mass is 32.2. The minimum Gasteiger partial charge on any atom is -0.411 e. The lowest BCUT2D eigenvalue weighted by molar-refractivity contribution is -0.127. The van der Waals surface area contributed by atoms with E-state index in [1.807, 2.05) is 4.90 Å². The molecule has 136 valence electrons. The molecule has 2 aromatic rings. The van der Waals surface area contributed by atoms with E-state index < -0.39 is 0 Å². The summed E-state index contributed by atoms with van der Waals surface area (Å²) in [5.74, 6) is 0.394. The summed E-state index contributed by atoms with van der Waals surface area (Å²) in [5.41, 5.74) is 1.84. The summed E-state index contributed by atoms with van der Waals surface area (Å²) < 4.78 is 18.6. The molecule has 1 fully saturated rings. The molecule has 0 spiro atoms. The van der Waals surface area contributed by atoms with Crippen LogP contribution in [0.1, 0.15) is 38.5 Å². The monoisotopic (exact) mass is 373 g/mol. The maximum absolute atomic E-state index is 13.0. The van der Waals surface area contributed by atoms with E-state index in [2.05, 4.69) is 16.3 Å². The Labute approximate surface area is 155 Å². The second kappa shape index (κ2) is 7.61. The largest absolute Gasteiger partial charge is 0.411 e. The number of rotatable bonds is 6. The molecule has 5 nitrogen and oxygen atoms in total. The molecule has 0 N–H and O–H groups in total. The van der Waals surface area contributed by atoms with E-state index in [1.54, 1.807) is 12.1 Å². The van der Waals surface area contributed by atoms with Gasteiger partial charge in [0.25, 0.3) is 5.22 Å². The molecule has 0 radical (unpaired) electrons. The number of hydrogen-bond donors (Lipinski definition) is 0. The zero-order chi connectivity index (χ0) is 17.9. The molecule has 0 bridgehead atoms. The maximum Gasteiger partial charge on any atom is 0.277 e. The van der Waals surface area contributed by atoms with Crippen molar-refractivity contribution >= 4 is 17.7 Å². The molecule has 0 unspecified atom stereocenters. The van der Waals surface area contributed by atoms with Crippen molar-refractivity contribution in [2.45, 2.75) is 49.8 Å². The van der Waals surface area contributed by atoms with Gasteiger partial charge in [-0.05, 0) is 62.8 Å². The Morgan fingerprint density at radius 3 is 2.73 bits per heavy atom. The first-order valence-electron chi connectivity index (χ1n) is 8.94. The first-order valence-corrected chi connectivity index (χ1v) is 9.92. The Morgan fingerprint density at radius 2 is 2.04 bits per heavy atom. The Morgan fingerprint density at radius 1 is 1.23 bits per heavy atom. The number of thioether (sulfide) groups is 1. The van der Waals surface area contributed by atoms with Crippen molar-refractivity contribution in [3.05, 3.63) is 41.9 Å². The van der Waals surface area contributed by atoms with Gasteiger partial charge in [0, 0.05) is 17.3 Å². The average molecular weight is 373 g/mol. The fourth-order valence-corrected chi connectivity index (χ4v) is 3.76. The molecule has 1 amide bonds. The minimum atomic E-state index is -0.314. The topological polar surface area (TPSA) is 59.2 Å². The molecule has 7 heteroatoms. The van der Waals surface area contributed by atoms with Gasteiger partial charge in [0.2, 0.25) is 11.8 Å². The van der Waals surface area contributed by atoms with E-state index in [0.717, 1.165) is 32.1 Å². The van der Waals surface area contributed by atoms with Gasteiger partial charge >= 0.3 is 0 Å². The van der Waals surface area contributed by atoms with Crippen molar-refractivity contribution in [3.63, 3.8) is 0 Å². The van der Waals surface area contributed by atoms with Gasteiger partial charge in [-0.1, -0.05) is 17.8 Å². The zero-order valence-electron chi connectivity index (χ0n) is 14.4. The Kier molecular flexibility index (Phi) is 5.06. The van der Waals surface area contributed by atoms with Crippen LogP contribution in [0.5, 0.6) is 0 Å². The number of aromatic nitrogens is 2. The number of halogens is 1. The molecular weight excluding hydrogens is 353 g/mol. The second-order valence-corrected chi connectivity index (χ2v) is 7.53. The quantitative estimate of drug-likeness (QED) is 0.702. The van der Waals surface area contributed by atoms with Crippen LogP contribution in [0.4, 0.5) is 4.39 Å². The number of hydrogen-bond acceptors (Lipinski definition) is 5. The van der Waals surface area contributed by atoms with E-state index in [9.17, 15) is 9.18 Å². The minimum absolute atomic E-state index is 0.104. The Balaban J connectivity index is 1.39. The number of carbonyl (C=O) groups excluding carboxylic acids is 1. The van der Waals surface area contributed by atoms with Crippen LogP contribution in [0.25, 0.3) is 11.5 Å². The summed E-state index contributed by atoms with van der Waals surface area (Å²) in [6.45, 7) is 0. The molecule has 4 rings (SSSR count). The van der Waals surface area contributed by atoms with Gasteiger partial charge in [0.1, 0.15) is 5.82 Å². The molecule has 0 atom stereocenters. The third-order valence-electron chi connectivity index (χ3n) is 4.57. The number of benzene rings is 1. The molecule has 1 saturated carbocycles. The molecule has 1 aromatic heterocycles. The van der Waals surface area contributed by atoms with E-state index in [1.165, 1.54) is 36.0 Å². The summed E-state index contributed by atoms with van der Waals surface area (Å²) in [5, 5.41) is 8.32. The lowest BCUT2D eigenvalue weighted by atomic mass is 10.0. The Bertz CT molecular complexity index is 814. The fourth-order valence-electron chi connectivity index (χ4n) is 3.14. The van der Waals surface area contributed by atoms with Crippen LogP contribution in [0.2, 0.25) is 0 Å². The van der Waals surface area contributed by atoms with Gasteiger partial charge in [-0.25, -0.2) is 4.39 Å². The predicted molar refractivity (Wildman–Crippen MR) is 96.8 cm³/mol. The van der Waals surface area contributed by atoms with Crippen molar-refractivity contribution in [1.82, 2.24) is 15.1 Å². The molecule has 2 aliphatic rings. The number of carbonyl (C=O) groups is 1. The number of allylic oxidation sites excluding steroid dienone is 2. The molecule has 1 heterocycles. The van der Waals surface area contributed by atoms with Gasteiger partial charge in [0.05, 0.1) is 5.75 Å². The smallest absolute Gasteiger partial charge is 0.277 e. The van der Waals surface area contributed by atoms with Crippen molar-refractivity contribution < 1.29 is 13.6 Å². The van der Waals surface area contributed by atoms with Crippen LogP contribution < -0.4 is 0 Å². The summed E-state index contributed by atoms with van der Waals surface area (Å²) in [6, 6.07) is 6.24. The van der Waals surface area contributed by atoms with Crippen LogP contribution in [-0.2, 0) is 4.79 Å². The lowest BCUT2D eigenvalue weighted by Crippen LogP contribution is -2.34. The highest BCUT2D eigenvalue weighted by Gasteiger charge is 2.35. The van der Waals surface area contributed by atoms with Crippen LogP contribution in [0.15, 0.2) is 45.7 Å².